The van der Waals surface area contributed by atoms with E-state index in [2.05, 4.69) is 11.8 Å². The average molecular weight is 443 g/mol. The molecular weight excluding hydrogens is 412 g/mol. The van der Waals surface area contributed by atoms with Gasteiger partial charge in [0.2, 0.25) is 10.0 Å². The van der Waals surface area contributed by atoms with Crippen LogP contribution in [0.1, 0.15) is 25.0 Å². The van der Waals surface area contributed by atoms with Crippen molar-refractivity contribution in [3.05, 3.63) is 59.7 Å². The average Bonchev–Trinajstić information content (AvgIpc) is 2.74. The fourth-order valence-corrected chi connectivity index (χ4v) is 5.37. The molecule has 0 unspecified atom stereocenters. The minimum Gasteiger partial charge on any atom is -0.487 e. The van der Waals surface area contributed by atoms with Gasteiger partial charge in [0.15, 0.2) is 0 Å². The number of aliphatic hydroxyl groups is 1. The first-order valence-corrected chi connectivity index (χ1v) is 11.8. The molecule has 0 amide bonds. The number of ether oxygens (including phenoxy) is 1. The van der Waals surface area contributed by atoms with Crippen molar-refractivity contribution in [2.45, 2.75) is 30.9 Å². The van der Waals surface area contributed by atoms with Crippen LogP contribution in [0.4, 0.5) is 0 Å². The predicted molar refractivity (Wildman–Crippen MR) is 121 cm³/mol. The topological polar surface area (TPSA) is 70.1 Å². The van der Waals surface area contributed by atoms with E-state index in [-0.39, 0.29) is 30.1 Å². The number of sulfonamides is 1. The second-order valence-corrected chi connectivity index (χ2v) is 10.1. The number of benzene rings is 2. The molecule has 7 heteroatoms. The summed E-state index contributed by atoms with van der Waals surface area (Å²) in [6.45, 7) is 4.36. The largest absolute Gasteiger partial charge is 0.487 e. The third-order valence-corrected chi connectivity index (χ3v) is 7.36. The van der Waals surface area contributed by atoms with Gasteiger partial charge in [-0.1, -0.05) is 37.0 Å². The Labute approximate surface area is 185 Å². The highest BCUT2D eigenvalue weighted by atomic mass is 32.2. The molecule has 0 saturated heterocycles. The van der Waals surface area contributed by atoms with Crippen LogP contribution in [0.3, 0.4) is 0 Å². The molecule has 0 radical (unpaired) electrons. The van der Waals surface area contributed by atoms with E-state index in [0.717, 1.165) is 5.56 Å². The normalized spacial score (nSPS) is 21.7. The minimum absolute atomic E-state index is 0.0709. The summed E-state index contributed by atoms with van der Waals surface area (Å²) in [5.74, 6) is 6.42. The Kier molecular flexibility index (Phi) is 7.39. The molecular formula is C24H30N2O4S. The zero-order valence-electron chi connectivity index (χ0n) is 18.4. The lowest BCUT2D eigenvalue weighted by Gasteiger charge is -2.37. The lowest BCUT2D eigenvalue weighted by atomic mass is 10.0. The van der Waals surface area contributed by atoms with Crippen molar-refractivity contribution in [3.8, 4) is 17.6 Å². The standard InChI is InChI=1S/C24H30N2O4S/c1-18-15-26(19(2)17-27)31(28,29)24-13-12-21(11-10-20-8-6-5-7-9-20)14-22(24)30-23(18)16-25(3)4/h5-9,12-14,18-19,23,27H,15-17H2,1-4H3/t18-,19-,23+/m1/s1. The molecule has 31 heavy (non-hydrogen) atoms. The van der Waals surface area contributed by atoms with Crippen LogP contribution >= 0.6 is 0 Å². The summed E-state index contributed by atoms with van der Waals surface area (Å²) in [4.78, 5) is 2.13. The van der Waals surface area contributed by atoms with Crippen LogP contribution in [0.2, 0.25) is 0 Å². The molecule has 6 nitrogen and oxygen atoms in total. The van der Waals surface area contributed by atoms with Gasteiger partial charge in [-0.2, -0.15) is 4.31 Å². The molecule has 3 rings (SSSR count). The maximum absolute atomic E-state index is 13.4. The van der Waals surface area contributed by atoms with Crippen LogP contribution in [0.15, 0.2) is 53.4 Å². The van der Waals surface area contributed by atoms with Gasteiger partial charge in [-0.15, -0.1) is 0 Å². The number of likely N-dealkylation sites (N-methyl/N-ethyl adjacent to an activating group) is 1. The van der Waals surface area contributed by atoms with Gasteiger partial charge in [0.25, 0.3) is 0 Å². The zero-order valence-corrected chi connectivity index (χ0v) is 19.3. The van der Waals surface area contributed by atoms with Gasteiger partial charge in [0.05, 0.1) is 6.61 Å². The fourth-order valence-electron chi connectivity index (χ4n) is 3.55. The van der Waals surface area contributed by atoms with Crippen LogP contribution in [0.5, 0.6) is 5.75 Å². The quantitative estimate of drug-likeness (QED) is 0.737. The highest BCUT2D eigenvalue weighted by Crippen LogP contribution is 2.34. The summed E-state index contributed by atoms with van der Waals surface area (Å²) in [6, 6.07) is 14.0. The number of rotatable bonds is 4. The lowest BCUT2D eigenvalue weighted by Crippen LogP contribution is -2.49. The molecule has 1 aliphatic heterocycles. The molecule has 2 aromatic rings. The molecule has 3 atom stereocenters. The first-order chi connectivity index (χ1) is 14.7. The van der Waals surface area contributed by atoms with Crippen LogP contribution < -0.4 is 4.74 Å². The van der Waals surface area contributed by atoms with Crippen molar-refractivity contribution in [3.63, 3.8) is 0 Å². The van der Waals surface area contributed by atoms with Crippen molar-refractivity contribution in [1.82, 2.24) is 9.21 Å². The highest BCUT2D eigenvalue weighted by molar-refractivity contribution is 7.89. The summed E-state index contributed by atoms with van der Waals surface area (Å²) < 4.78 is 34.5. The Morgan fingerprint density at radius 1 is 1.16 bits per heavy atom. The van der Waals surface area contributed by atoms with E-state index in [1.165, 1.54) is 4.31 Å². The van der Waals surface area contributed by atoms with Gasteiger partial charge in [-0.3, -0.25) is 0 Å². The van der Waals surface area contributed by atoms with Crippen molar-refractivity contribution >= 4 is 10.0 Å². The van der Waals surface area contributed by atoms with Crippen molar-refractivity contribution in [2.75, 3.05) is 33.8 Å². The summed E-state index contributed by atoms with van der Waals surface area (Å²) >= 11 is 0. The molecule has 1 aliphatic rings. The lowest BCUT2D eigenvalue weighted by molar-refractivity contribution is 0.0812. The Hall–Kier alpha value is -2.37. The Bertz CT molecular complexity index is 1060. The predicted octanol–water partition coefficient (Wildman–Crippen LogP) is 2.42. The third-order valence-electron chi connectivity index (χ3n) is 5.34. The SMILES string of the molecule is C[C@@H]1CN([C@H](C)CO)S(=O)(=O)c2ccc(C#Cc3ccccc3)cc2O[C@H]1CN(C)C. The molecule has 0 aliphatic carbocycles. The molecule has 2 aromatic carbocycles. The summed E-state index contributed by atoms with van der Waals surface area (Å²) in [6.07, 6.45) is -0.213. The van der Waals surface area contributed by atoms with Gasteiger partial charge in [0.1, 0.15) is 16.7 Å². The zero-order chi connectivity index (χ0) is 22.6. The number of aliphatic hydroxyl groups excluding tert-OH is 1. The van der Waals surface area contributed by atoms with E-state index in [1.54, 1.807) is 25.1 Å². The highest BCUT2D eigenvalue weighted by Gasteiger charge is 2.37. The second-order valence-electron chi connectivity index (χ2n) is 8.28. The molecule has 166 valence electrons. The summed E-state index contributed by atoms with van der Waals surface area (Å²) in [5, 5.41) is 9.69. The molecule has 0 aromatic heterocycles. The van der Waals surface area contributed by atoms with Crippen molar-refractivity contribution in [1.29, 1.82) is 0 Å². The number of fused-ring (bicyclic) bond motifs is 1. The maximum atomic E-state index is 13.4. The molecule has 1 heterocycles. The monoisotopic (exact) mass is 442 g/mol. The van der Waals surface area contributed by atoms with Crippen LogP contribution in [0.25, 0.3) is 0 Å². The van der Waals surface area contributed by atoms with Crippen LogP contribution in [-0.2, 0) is 10.0 Å². The Morgan fingerprint density at radius 2 is 1.84 bits per heavy atom. The summed E-state index contributed by atoms with van der Waals surface area (Å²) in [5.41, 5.74) is 1.56. The van der Waals surface area contributed by atoms with Gasteiger partial charge >= 0.3 is 0 Å². The van der Waals surface area contributed by atoms with E-state index in [0.29, 0.717) is 17.9 Å². The van der Waals surface area contributed by atoms with Gasteiger partial charge in [-0.05, 0) is 51.4 Å². The van der Waals surface area contributed by atoms with Gasteiger partial charge in [-0.25, -0.2) is 8.42 Å². The Morgan fingerprint density at radius 3 is 2.48 bits per heavy atom. The maximum Gasteiger partial charge on any atom is 0.247 e. The van der Waals surface area contributed by atoms with Crippen molar-refractivity contribution in [2.24, 2.45) is 5.92 Å². The first kappa shape index (κ1) is 23.3. The molecule has 0 saturated carbocycles. The number of hydrogen-bond donors (Lipinski definition) is 1. The van der Waals surface area contributed by atoms with E-state index in [4.69, 9.17) is 4.74 Å². The van der Waals surface area contributed by atoms with E-state index in [1.807, 2.05) is 56.3 Å². The second kappa shape index (κ2) is 9.84. The molecule has 0 spiro atoms. The Balaban J connectivity index is 2.08. The van der Waals surface area contributed by atoms with E-state index in [9.17, 15) is 13.5 Å². The number of nitrogens with zero attached hydrogens (tertiary/aromatic N) is 2. The van der Waals surface area contributed by atoms with E-state index < -0.39 is 16.1 Å². The van der Waals surface area contributed by atoms with Crippen LogP contribution in [0, 0.1) is 17.8 Å². The smallest absolute Gasteiger partial charge is 0.247 e. The molecule has 0 fully saturated rings. The number of hydrogen-bond acceptors (Lipinski definition) is 5. The molecule has 1 N–H and O–H groups in total. The van der Waals surface area contributed by atoms with Gasteiger partial charge in [0, 0.05) is 36.2 Å². The third kappa shape index (κ3) is 5.46. The van der Waals surface area contributed by atoms with Crippen LogP contribution in [-0.4, -0.2) is 68.7 Å². The molecule has 0 bridgehead atoms. The minimum atomic E-state index is -3.84. The van der Waals surface area contributed by atoms with Crippen molar-refractivity contribution < 1.29 is 18.3 Å². The first-order valence-electron chi connectivity index (χ1n) is 10.4. The fraction of sp³-hybridized carbons (Fsp3) is 0.417. The van der Waals surface area contributed by atoms with Gasteiger partial charge < -0.3 is 14.7 Å². The van der Waals surface area contributed by atoms with E-state index >= 15 is 0 Å². The summed E-state index contributed by atoms with van der Waals surface area (Å²) in [7, 11) is 0.0853.